The van der Waals surface area contributed by atoms with E-state index in [0.29, 0.717) is 14.7 Å². The molecule has 1 aromatic carbocycles. The van der Waals surface area contributed by atoms with Gasteiger partial charge in [0.05, 0.1) is 15.6 Å². The van der Waals surface area contributed by atoms with Crippen molar-refractivity contribution in [2.75, 3.05) is 6.61 Å². The predicted octanol–water partition coefficient (Wildman–Crippen LogP) is 1.15. The molecule has 0 amide bonds. The summed E-state index contributed by atoms with van der Waals surface area (Å²) in [6, 6.07) is 3.48. The number of rotatable bonds is 3. The number of aliphatic hydroxyl groups excluding tert-OH is 4. The summed E-state index contributed by atoms with van der Waals surface area (Å²) in [4.78, 5) is 0. The van der Waals surface area contributed by atoms with E-state index in [4.69, 9.17) is 14.6 Å². The van der Waals surface area contributed by atoms with Crippen LogP contribution >= 0.6 is 47.8 Å². The van der Waals surface area contributed by atoms with Crippen LogP contribution in [-0.4, -0.2) is 57.7 Å². The van der Waals surface area contributed by atoms with E-state index in [1.54, 1.807) is 12.1 Å². The van der Waals surface area contributed by atoms with Gasteiger partial charge in [0.25, 0.3) is 0 Å². The fraction of sp³-hybridized carbons (Fsp3) is 0.500. The summed E-state index contributed by atoms with van der Waals surface area (Å²) in [5.74, 6) is 0.363. The molecule has 118 valence electrons. The van der Waals surface area contributed by atoms with Gasteiger partial charge in [-0.2, -0.15) is 0 Å². The first-order valence-corrected chi connectivity index (χ1v) is 8.34. The molecule has 1 heterocycles. The molecule has 0 aromatic heterocycles. The lowest BCUT2D eigenvalue weighted by atomic mass is 9.99. The van der Waals surface area contributed by atoms with E-state index in [9.17, 15) is 15.3 Å². The summed E-state index contributed by atoms with van der Waals surface area (Å²) in [6.45, 7) is -0.506. The first-order chi connectivity index (χ1) is 9.85. The second-order valence-corrected chi connectivity index (χ2v) is 7.14. The lowest BCUT2D eigenvalue weighted by Crippen LogP contribution is -2.60. The molecule has 0 spiro atoms. The number of halogens is 3. The van der Waals surface area contributed by atoms with E-state index in [1.807, 2.05) is 0 Å². The minimum absolute atomic E-state index is 0.363. The van der Waals surface area contributed by atoms with Gasteiger partial charge in [0.1, 0.15) is 24.4 Å². The average Bonchev–Trinajstić information content (AvgIpc) is 2.42. The van der Waals surface area contributed by atoms with Gasteiger partial charge in [-0.25, -0.2) is 0 Å². The summed E-state index contributed by atoms with van der Waals surface area (Å²) in [7, 11) is 0. The van der Waals surface area contributed by atoms with E-state index in [0.717, 1.165) is 4.47 Å². The van der Waals surface area contributed by atoms with Gasteiger partial charge in [0, 0.05) is 4.47 Å². The van der Waals surface area contributed by atoms with Crippen LogP contribution in [0.1, 0.15) is 0 Å². The zero-order chi connectivity index (χ0) is 15.7. The van der Waals surface area contributed by atoms with Crippen LogP contribution in [0.25, 0.3) is 0 Å². The van der Waals surface area contributed by atoms with E-state index in [1.165, 1.54) is 0 Å². The van der Waals surface area contributed by atoms with Crippen LogP contribution in [0.4, 0.5) is 0 Å². The molecule has 6 nitrogen and oxygen atoms in total. The number of hydrogen-bond acceptors (Lipinski definition) is 6. The summed E-state index contributed by atoms with van der Waals surface area (Å²) in [5.41, 5.74) is 0. The van der Waals surface area contributed by atoms with E-state index in [2.05, 4.69) is 47.8 Å². The molecular weight excluding hydrogens is 480 g/mol. The zero-order valence-electron chi connectivity index (χ0n) is 10.5. The predicted molar refractivity (Wildman–Crippen MR) is 83.9 cm³/mol. The molecule has 0 radical (unpaired) electrons. The Morgan fingerprint density at radius 1 is 1.00 bits per heavy atom. The Bertz CT molecular complexity index is 489. The smallest absolute Gasteiger partial charge is 0.229 e. The molecule has 1 fully saturated rings. The molecular formula is C12H13Br3O6. The molecule has 0 unspecified atom stereocenters. The quantitative estimate of drug-likeness (QED) is 0.505. The van der Waals surface area contributed by atoms with Crippen molar-refractivity contribution in [3.63, 3.8) is 0 Å². The number of aliphatic hydroxyl groups is 4. The third-order valence-corrected chi connectivity index (χ3v) is 4.68. The summed E-state index contributed by atoms with van der Waals surface area (Å²) < 4.78 is 12.9. The van der Waals surface area contributed by atoms with Crippen molar-refractivity contribution in [3.8, 4) is 5.75 Å². The number of hydrogen-bond donors (Lipinski definition) is 4. The first kappa shape index (κ1) is 17.6. The van der Waals surface area contributed by atoms with Gasteiger partial charge in [-0.15, -0.1) is 0 Å². The Labute approximate surface area is 146 Å². The van der Waals surface area contributed by atoms with Gasteiger partial charge < -0.3 is 29.9 Å². The van der Waals surface area contributed by atoms with Crippen molar-refractivity contribution < 1.29 is 29.9 Å². The largest absolute Gasteiger partial charge is 0.460 e. The van der Waals surface area contributed by atoms with Crippen LogP contribution in [0.15, 0.2) is 25.6 Å². The molecule has 1 aromatic rings. The van der Waals surface area contributed by atoms with Crippen molar-refractivity contribution in [1.29, 1.82) is 0 Å². The fourth-order valence-corrected chi connectivity index (χ4v) is 4.37. The van der Waals surface area contributed by atoms with Crippen molar-refractivity contribution in [2.24, 2.45) is 0 Å². The number of ether oxygens (including phenoxy) is 2. The van der Waals surface area contributed by atoms with Crippen molar-refractivity contribution in [2.45, 2.75) is 30.7 Å². The Morgan fingerprint density at radius 2 is 1.57 bits per heavy atom. The minimum atomic E-state index is -1.48. The second kappa shape index (κ2) is 7.22. The molecule has 21 heavy (non-hydrogen) atoms. The molecule has 5 atom stereocenters. The maximum Gasteiger partial charge on any atom is 0.229 e. The van der Waals surface area contributed by atoms with Crippen LogP contribution in [0.2, 0.25) is 0 Å². The molecule has 2 rings (SSSR count). The highest BCUT2D eigenvalue weighted by atomic mass is 79.9. The Balaban J connectivity index is 2.22. The maximum atomic E-state index is 9.94. The van der Waals surface area contributed by atoms with Gasteiger partial charge in [-0.1, -0.05) is 15.9 Å². The summed E-state index contributed by atoms with van der Waals surface area (Å²) in [6.07, 6.45) is -6.59. The van der Waals surface area contributed by atoms with Crippen LogP contribution < -0.4 is 4.74 Å². The zero-order valence-corrected chi connectivity index (χ0v) is 15.2. The van der Waals surface area contributed by atoms with E-state index >= 15 is 0 Å². The van der Waals surface area contributed by atoms with Crippen LogP contribution in [0.5, 0.6) is 5.75 Å². The van der Waals surface area contributed by atoms with Gasteiger partial charge in [-0.05, 0) is 44.0 Å². The Morgan fingerprint density at radius 3 is 2.10 bits per heavy atom. The summed E-state index contributed by atoms with van der Waals surface area (Å²) in [5, 5.41) is 38.5. The fourth-order valence-electron chi connectivity index (χ4n) is 1.92. The first-order valence-electron chi connectivity index (χ1n) is 5.97. The standard InChI is InChI=1S/C12H13Br3O6/c13-4-1-5(14)11(6(15)2-4)21-12-10(19)9(18)8(17)7(3-16)20-12/h1-2,7-10,12,16-19H,3H2/t7-,8+,9+,10+,12+/m0/s1. The van der Waals surface area contributed by atoms with Gasteiger partial charge in [-0.3, -0.25) is 0 Å². The lowest BCUT2D eigenvalue weighted by molar-refractivity contribution is -0.277. The monoisotopic (exact) mass is 490 g/mol. The average molecular weight is 493 g/mol. The molecule has 0 aliphatic carbocycles. The maximum absolute atomic E-state index is 9.94. The highest BCUT2D eigenvalue weighted by Gasteiger charge is 2.45. The van der Waals surface area contributed by atoms with Crippen LogP contribution in [-0.2, 0) is 4.74 Å². The SMILES string of the molecule is OC[C@@H]1O[C@H](Oc2c(Br)cc(Br)cc2Br)[C@H](O)[C@H](O)[C@@H]1O. The minimum Gasteiger partial charge on any atom is -0.460 e. The lowest BCUT2D eigenvalue weighted by Gasteiger charge is -2.39. The second-order valence-electron chi connectivity index (χ2n) is 4.51. The molecule has 1 saturated heterocycles. The molecule has 1 aliphatic heterocycles. The Kier molecular flexibility index (Phi) is 6.06. The van der Waals surface area contributed by atoms with E-state index < -0.39 is 37.3 Å². The van der Waals surface area contributed by atoms with Crippen molar-refractivity contribution >= 4 is 47.8 Å². The topological polar surface area (TPSA) is 99.4 Å². The molecule has 4 N–H and O–H groups in total. The van der Waals surface area contributed by atoms with Crippen molar-refractivity contribution in [3.05, 3.63) is 25.6 Å². The number of benzene rings is 1. The summed E-state index contributed by atoms with van der Waals surface area (Å²) >= 11 is 9.96. The van der Waals surface area contributed by atoms with Crippen molar-refractivity contribution in [1.82, 2.24) is 0 Å². The van der Waals surface area contributed by atoms with Gasteiger partial charge in [0.2, 0.25) is 6.29 Å². The van der Waals surface area contributed by atoms with Gasteiger partial charge >= 0.3 is 0 Å². The molecule has 1 aliphatic rings. The third kappa shape index (κ3) is 3.78. The van der Waals surface area contributed by atoms with Crippen LogP contribution in [0.3, 0.4) is 0 Å². The molecule has 9 heteroatoms. The van der Waals surface area contributed by atoms with Gasteiger partial charge in [0.15, 0.2) is 5.75 Å². The highest BCUT2D eigenvalue weighted by molar-refractivity contribution is 9.11. The normalized spacial score (nSPS) is 33.0. The molecule has 0 bridgehead atoms. The Hall–Kier alpha value is 0.260. The van der Waals surface area contributed by atoms with Crippen LogP contribution in [0, 0.1) is 0 Å². The highest BCUT2D eigenvalue weighted by Crippen LogP contribution is 2.38. The third-order valence-electron chi connectivity index (χ3n) is 3.05. The molecule has 0 saturated carbocycles. The van der Waals surface area contributed by atoms with E-state index in [-0.39, 0.29) is 0 Å².